The van der Waals surface area contributed by atoms with Crippen molar-refractivity contribution in [1.29, 1.82) is 0 Å². The summed E-state index contributed by atoms with van der Waals surface area (Å²) >= 11 is 0. The first-order valence-corrected chi connectivity index (χ1v) is 10.0. The fourth-order valence-electron chi connectivity index (χ4n) is 5.18. The van der Waals surface area contributed by atoms with Crippen LogP contribution < -0.4 is 5.56 Å². The summed E-state index contributed by atoms with van der Waals surface area (Å²) < 4.78 is 1.87. The van der Waals surface area contributed by atoms with Crippen molar-refractivity contribution in [3.05, 3.63) is 88.2 Å². The van der Waals surface area contributed by atoms with Crippen LogP contribution in [0.4, 0.5) is 0 Å². The first-order valence-electron chi connectivity index (χ1n) is 10.0. The average molecular weight is 372 g/mol. The van der Waals surface area contributed by atoms with Crippen LogP contribution in [0.5, 0.6) is 0 Å². The molecule has 0 saturated heterocycles. The van der Waals surface area contributed by atoms with Crippen LogP contribution >= 0.6 is 0 Å². The van der Waals surface area contributed by atoms with Crippen LogP contribution in [-0.2, 0) is 6.42 Å². The van der Waals surface area contributed by atoms with Crippen molar-refractivity contribution in [2.24, 2.45) is 0 Å². The van der Waals surface area contributed by atoms with Crippen molar-refractivity contribution in [2.45, 2.75) is 12.8 Å². The molecule has 6 aromatic rings. The monoisotopic (exact) mass is 372 g/mol. The van der Waals surface area contributed by atoms with E-state index in [1.807, 2.05) is 16.5 Å². The molecular weight excluding hydrogens is 356 g/mol. The van der Waals surface area contributed by atoms with Gasteiger partial charge in [0.25, 0.3) is 5.56 Å². The molecule has 3 heteroatoms. The smallest absolute Gasteiger partial charge is 0.264 e. The lowest BCUT2D eigenvalue weighted by Gasteiger charge is -2.15. The first-order chi connectivity index (χ1) is 14.3. The van der Waals surface area contributed by atoms with Crippen molar-refractivity contribution in [3.8, 4) is 0 Å². The Bertz CT molecular complexity index is 1720. The summed E-state index contributed by atoms with van der Waals surface area (Å²) in [6.07, 6.45) is 6.35. The van der Waals surface area contributed by atoms with Crippen molar-refractivity contribution in [1.82, 2.24) is 9.38 Å². The maximum Gasteiger partial charge on any atom is 0.264 e. The van der Waals surface area contributed by atoms with Crippen LogP contribution in [0, 0.1) is 0 Å². The van der Waals surface area contributed by atoms with Gasteiger partial charge >= 0.3 is 0 Å². The molecule has 2 aromatic heterocycles. The van der Waals surface area contributed by atoms with Crippen LogP contribution in [0.2, 0.25) is 0 Å². The Balaban J connectivity index is 1.88. The van der Waals surface area contributed by atoms with Crippen molar-refractivity contribution < 1.29 is 0 Å². The van der Waals surface area contributed by atoms with E-state index < -0.39 is 0 Å². The van der Waals surface area contributed by atoms with Crippen LogP contribution in [0.3, 0.4) is 0 Å². The van der Waals surface area contributed by atoms with Gasteiger partial charge in [-0.2, -0.15) is 0 Å². The van der Waals surface area contributed by atoms with E-state index in [0.29, 0.717) is 0 Å². The third kappa shape index (κ3) is 1.78. The summed E-state index contributed by atoms with van der Waals surface area (Å²) in [4.78, 5) is 18.8. The van der Waals surface area contributed by atoms with E-state index in [2.05, 4.69) is 60.7 Å². The van der Waals surface area contributed by atoms with Gasteiger partial charge in [0, 0.05) is 21.5 Å². The Labute approximate surface area is 165 Å². The number of pyridine rings is 1. The summed E-state index contributed by atoms with van der Waals surface area (Å²) in [5.74, 6) is 0. The minimum atomic E-state index is 0.0267. The molecular formula is C26H16N2O. The van der Waals surface area contributed by atoms with E-state index in [4.69, 9.17) is 4.98 Å². The molecule has 3 nitrogen and oxygen atoms in total. The molecule has 4 aromatic carbocycles. The number of rotatable bonds is 0. The Morgan fingerprint density at radius 1 is 0.828 bits per heavy atom. The van der Waals surface area contributed by atoms with Gasteiger partial charge in [-0.15, -0.1) is 0 Å². The van der Waals surface area contributed by atoms with Crippen molar-refractivity contribution in [3.63, 3.8) is 0 Å². The zero-order valence-electron chi connectivity index (χ0n) is 15.6. The lowest BCUT2D eigenvalue weighted by Crippen LogP contribution is -2.14. The van der Waals surface area contributed by atoms with Gasteiger partial charge in [0.05, 0.1) is 11.0 Å². The van der Waals surface area contributed by atoms with Crippen LogP contribution in [0.1, 0.15) is 17.5 Å². The number of benzene rings is 4. The molecule has 136 valence electrons. The van der Waals surface area contributed by atoms with Gasteiger partial charge in [0.2, 0.25) is 0 Å². The van der Waals surface area contributed by atoms with Gasteiger partial charge in [-0.3, -0.25) is 9.20 Å². The molecule has 29 heavy (non-hydrogen) atoms. The first kappa shape index (κ1) is 15.2. The van der Waals surface area contributed by atoms with Crippen LogP contribution in [-0.4, -0.2) is 9.38 Å². The Morgan fingerprint density at radius 3 is 2.45 bits per heavy atom. The minimum Gasteiger partial charge on any atom is -0.268 e. The normalized spacial score (nSPS) is 13.9. The largest absolute Gasteiger partial charge is 0.268 e. The van der Waals surface area contributed by atoms with Crippen LogP contribution in [0.25, 0.3) is 55.1 Å². The van der Waals surface area contributed by atoms with E-state index in [0.717, 1.165) is 56.5 Å². The van der Waals surface area contributed by atoms with Crippen LogP contribution in [0.15, 0.2) is 71.5 Å². The molecule has 1 aliphatic carbocycles. The third-order valence-corrected chi connectivity index (χ3v) is 6.39. The molecule has 0 fully saturated rings. The highest BCUT2D eigenvalue weighted by Gasteiger charge is 2.22. The maximum absolute atomic E-state index is 13.7. The van der Waals surface area contributed by atoms with E-state index in [-0.39, 0.29) is 5.56 Å². The molecule has 0 unspecified atom stereocenters. The number of aryl methyl sites for hydroxylation is 1. The number of allylic oxidation sites excluding steroid dienone is 1. The second-order valence-corrected chi connectivity index (χ2v) is 7.86. The van der Waals surface area contributed by atoms with E-state index in [9.17, 15) is 4.79 Å². The molecule has 0 atom stereocenters. The highest BCUT2D eigenvalue weighted by molar-refractivity contribution is 6.18. The number of hydrogen-bond acceptors (Lipinski definition) is 2. The summed E-state index contributed by atoms with van der Waals surface area (Å²) in [5.41, 5.74) is 5.17. The van der Waals surface area contributed by atoms with E-state index in [1.165, 1.54) is 16.5 Å². The zero-order valence-corrected chi connectivity index (χ0v) is 15.6. The fraction of sp³-hybridized carbons (Fsp3) is 0.0769. The number of fused-ring (bicyclic) bond motifs is 9. The zero-order chi connectivity index (χ0) is 19.1. The molecule has 0 bridgehead atoms. The number of imidazole rings is 1. The van der Waals surface area contributed by atoms with Crippen molar-refractivity contribution in [2.75, 3.05) is 0 Å². The van der Waals surface area contributed by atoms with Gasteiger partial charge in [0.15, 0.2) is 0 Å². The van der Waals surface area contributed by atoms with Gasteiger partial charge in [-0.1, -0.05) is 66.7 Å². The predicted octanol–water partition coefficient (Wildman–Crippen LogP) is 5.70. The molecule has 7 rings (SSSR count). The molecule has 0 amide bonds. The lowest BCUT2D eigenvalue weighted by molar-refractivity contribution is 0.990. The lowest BCUT2D eigenvalue weighted by atomic mass is 9.90. The Hall–Kier alpha value is -3.72. The highest BCUT2D eigenvalue weighted by Crippen LogP contribution is 2.38. The molecule has 0 radical (unpaired) electrons. The average Bonchev–Trinajstić information content (AvgIpc) is 3.19. The number of nitrogens with zero attached hydrogens (tertiary/aromatic N) is 2. The standard InChI is InChI=1S/C26H16N2O/c29-26-21-14-6-8-15-7-5-13-20(22(15)21)25-27-23-18-11-3-1-9-16(18)17-10-2-4-12-19(17)24(23)28(25)26/h1-3,5-11,13-14H,4,12H2. The second-order valence-electron chi connectivity index (χ2n) is 7.86. The maximum atomic E-state index is 13.7. The highest BCUT2D eigenvalue weighted by atomic mass is 16.1. The number of aromatic nitrogens is 2. The Morgan fingerprint density at radius 2 is 1.59 bits per heavy atom. The summed E-state index contributed by atoms with van der Waals surface area (Å²) in [7, 11) is 0. The van der Waals surface area contributed by atoms with E-state index >= 15 is 0 Å². The second kappa shape index (κ2) is 5.21. The minimum absolute atomic E-state index is 0.0267. The molecule has 0 aliphatic heterocycles. The molecule has 0 saturated carbocycles. The number of hydrogen-bond donors (Lipinski definition) is 0. The molecule has 0 N–H and O–H groups in total. The van der Waals surface area contributed by atoms with Gasteiger partial charge < -0.3 is 0 Å². The molecule has 1 aliphatic rings. The van der Waals surface area contributed by atoms with Gasteiger partial charge in [-0.25, -0.2) is 4.98 Å². The van der Waals surface area contributed by atoms with Crippen molar-refractivity contribution >= 4 is 55.1 Å². The molecule has 0 spiro atoms. The van der Waals surface area contributed by atoms with E-state index in [1.54, 1.807) is 0 Å². The topological polar surface area (TPSA) is 34.4 Å². The van der Waals surface area contributed by atoms with Gasteiger partial charge in [0.1, 0.15) is 5.65 Å². The summed E-state index contributed by atoms with van der Waals surface area (Å²) in [6, 6.07) is 20.6. The Kier molecular flexibility index (Phi) is 2.73. The molecule has 2 heterocycles. The summed E-state index contributed by atoms with van der Waals surface area (Å²) in [5, 5.41) is 6.22. The van der Waals surface area contributed by atoms with Gasteiger partial charge in [-0.05, 0) is 40.8 Å². The SMILES string of the molecule is O=c1c2cccc3cccc(c32)c2nc3c4ccccc4c4c(c3n12)CCC=C4. The fourth-order valence-corrected chi connectivity index (χ4v) is 5.18. The summed E-state index contributed by atoms with van der Waals surface area (Å²) in [6.45, 7) is 0. The third-order valence-electron chi connectivity index (χ3n) is 6.39. The quantitative estimate of drug-likeness (QED) is 0.342. The predicted molar refractivity (Wildman–Crippen MR) is 120 cm³/mol.